The Kier molecular flexibility index (Phi) is 3.83. The molecule has 0 amide bonds. The van der Waals surface area contributed by atoms with Crippen LogP contribution >= 0.6 is 11.3 Å². The number of ether oxygens (including phenoxy) is 1. The molecule has 3 aromatic rings. The highest BCUT2D eigenvalue weighted by Crippen LogP contribution is 2.22. The zero-order valence-corrected chi connectivity index (χ0v) is 12.2. The Labute approximate surface area is 125 Å². The molecule has 21 heavy (non-hydrogen) atoms. The van der Waals surface area contributed by atoms with E-state index in [0.29, 0.717) is 19.0 Å². The van der Waals surface area contributed by atoms with Crippen molar-refractivity contribution >= 4 is 27.5 Å². The molecule has 108 valence electrons. The molecule has 0 aliphatic carbocycles. The number of rotatable bonds is 5. The van der Waals surface area contributed by atoms with Gasteiger partial charge in [0.15, 0.2) is 5.82 Å². The second-order valence-corrected chi connectivity index (χ2v) is 5.29. The molecule has 0 bridgehead atoms. The molecule has 2 N–H and O–H groups in total. The van der Waals surface area contributed by atoms with Crippen molar-refractivity contribution in [1.82, 2.24) is 15.0 Å². The van der Waals surface area contributed by atoms with Crippen molar-refractivity contribution in [3.05, 3.63) is 35.6 Å². The normalized spacial score (nSPS) is 10.7. The number of phenols is 1. The second-order valence-electron chi connectivity index (χ2n) is 4.45. The number of nitrogens with zero attached hydrogens (tertiary/aromatic N) is 3. The first kappa shape index (κ1) is 13.6. The largest absolute Gasteiger partial charge is 0.508 e. The van der Waals surface area contributed by atoms with Crippen molar-refractivity contribution in [2.24, 2.45) is 0 Å². The van der Waals surface area contributed by atoms with Crippen LogP contribution < -0.4 is 10.1 Å². The third-order valence-corrected chi connectivity index (χ3v) is 3.68. The van der Waals surface area contributed by atoms with Gasteiger partial charge in [-0.1, -0.05) is 0 Å². The number of benzene rings is 1. The molecular formula is C14H14N4O2S. The molecule has 0 atom stereocenters. The molecule has 2 aromatic heterocycles. The minimum Gasteiger partial charge on any atom is -0.508 e. The van der Waals surface area contributed by atoms with E-state index in [1.807, 2.05) is 6.92 Å². The van der Waals surface area contributed by atoms with Crippen molar-refractivity contribution < 1.29 is 9.84 Å². The number of nitrogens with one attached hydrogen (secondary N) is 1. The van der Waals surface area contributed by atoms with Crippen LogP contribution in [0.15, 0.2) is 30.0 Å². The average molecular weight is 302 g/mol. The second kappa shape index (κ2) is 5.92. The summed E-state index contributed by atoms with van der Waals surface area (Å²) in [6, 6.07) is 5.04. The number of anilines is 1. The Morgan fingerprint density at radius 2 is 2.19 bits per heavy atom. The summed E-state index contributed by atoms with van der Waals surface area (Å²) >= 11 is 1.48. The van der Waals surface area contributed by atoms with Crippen LogP contribution in [0.3, 0.4) is 0 Å². The summed E-state index contributed by atoms with van der Waals surface area (Å²) < 4.78 is 5.67. The quantitative estimate of drug-likeness (QED) is 0.705. The summed E-state index contributed by atoms with van der Waals surface area (Å²) in [7, 11) is 0. The molecule has 0 radical (unpaired) electrons. The maximum Gasteiger partial charge on any atom is 0.157 e. The molecule has 0 saturated carbocycles. The number of aromatic nitrogens is 3. The number of hydrogen-bond acceptors (Lipinski definition) is 7. The Bertz CT molecular complexity index is 760. The van der Waals surface area contributed by atoms with Gasteiger partial charge in [-0.25, -0.2) is 15.0 Å². The monoisotopic (exact) mass is 302 g/mol. The number of hydrogen-bond donors (Lipinski definition) is 2. The molecule has 0 saturated heterocycles. The number of aromatic hydroxyl groups is 1. The fourth-order valence-corrected chi connectivity index (χ4v) is 2.58. The summed E-state index contributed by atoms with van der Waals surface area (Å²) in [5.74, 6) is 1.72. The SMILES string of the molecule is Cc1cc(O)ccc1OCCNc1ncnc2scnc12. The number of thiazole rings is 1. The van der Waals surface area contributed by atoms with Crippen molar-refractivity contribution in [2.45, 2.75) is 6.92 Å². The third kappa shape index (κ3) is 3.03. The van der Waals surface area contributed by atoms with Crippen LogP contribution in [-0.2, 0) is 0 Å². The van der Waals surface area contributed by atoms with E-state index in [-0.39, 0.29) is 5.75 Å². The summed E-state index contributed by atoms with van der Waals surface area (Å²) in [5.41, 5.74) is 3.43. The number of phenolic OH excluding ortho intramolecular Hbond substituents is 1. The van der Waals surface area contributed by atoms with Crippen LogP contribution in [-0.4, -0.2) is 33.2 Å². The van der Waals surface area contributed by atoms with E-state index in [9.17, 15) is 5.11 Å². The maximum absolute atomic E-state index is 9.35. The van der Waals surface area contributed by atoms with E-state index >= 15 is 0 Å². The lowest BCUT2D eigenvalue weighted by Crippen LogP contribution is -2.13. The molecular weight excluding hydrogens is 288 g/mol. The lowest BCUT2D eigenvalue weighted by Gasteiger charge is -2.10. The Morgan fingerprint density at radius 3 is 3.05 bits per heavy atom. The summed E-state index contributed by atoms with van der Waals surface area (Å²) in [6.45, 7) is 2.98. The molecule has 0 fully saturated rings. The van der Waals surface area contributed by atoms with Crippen LogP contribution in [0.4, 0.5) is 5.82 Å². The first-order valence-corrected chi connectivity index (χ1v) is 7.32. The van der Waals surface area contributed by atoms with Gasteiger partial charge < -0.3 is 15.2 Å². The van der Waals surface area contributed by atoms with Crippen molar-refractivity contribution in [1.29, 1.82) is 0 Å². The lowest BCUT2D eigenvalue weighted by molar-refractivity contribution is 0.329. The van der Waals surface area contributed by atoms with Gasteiger partial charge in [0.2, 0.25) is 0 Å². The van der Waals surface area contributed by atoms with Gasteiger partial charge >= 0.3 is 0 Å². The minimum atomic E-state index is 0.241. The van der Waals surface area contributed by atoms with E-state index < -0.39 is 0 Å². The van der Waals surface area contributed by atoms with Crippen LogP contribution in [0.5, 0.6) is 11.5 Å². The Morgan fingerprint density at radius 1 is 1.29 bits per heavy atom. The fourth-order valence-electron chi connectivity index (χ4n) is 1.95. The van der Waals surface area contributed by atoms with Gasteiger partial charge in [0.25, 0.3) is 0 Å². The smallest absolute Gasteiger partial charge is 0.157 e. The van der Waals surface area contributed by atoms with Crippen LogP contribution in [0.1, 0.15) is 5.56 Å². The average Bonchev–Trinajstić information content (AvgIpc) is 2.94. The highest BCUT2D eigenvalue weighted by atomic mass is 32.1. The topological polar surface area (TPSA) is 80.2 Å². The lowest BCUT2D eigenvalue weighted by atomic mass is 10.2. The van der Waals surface area contributed by atoms with Crippen LogP contribution in [0.2, 0.25) is 0 Å². The van der Waals surface area contributed by atoms with Crippen molar-refractivity contribution in [2.75, 3.05) is 18.5 Å². The summed E-state index contributed by atoms with van der Waals surface area (Å²) in [5, 5.41) is 12.5. The molecule has 6 nitrogen and oxygen atoms in total. The van der Waals surface area contributed by atoms with Gasteiger partial charge in [0.05, 0.1) is 12.1 Å². The molecule has 3 rings (SSSR count). The molecule has 2 heterocycles. The van der Waals surface area contributed by atoms with Crippen molar-refractivity contribution in [3.8, 4) is 11.5 Å². The van der Waals surface area contributed by atoms with E-state index in [1.165, 1.54) is 17.7 Å². The van der Waals surface area contributed by atoms with Gasteiger partial charge in [0, 0.05) is 0 Å². The Hall–Kier alpha value is -2.41. The van der Waals surface area contributed by atoms with E-state index in [1.54, 1.807) is 23.7 Å². The standard InChI is InChI=1S/C14H14N4O2S/c1-9-6-10(19)2-3-11(9)20-5-4-15-13-12-14(17-7-16-13)21-8-18-12/h2-3,6-8,19H,4-5H2,1H3,(H,15,16,17). The van der Waals surface area contributed by atoms with Gasteiger partial charge in [-0.05, 0) is 30.7 Å². The molecule has 0 aliphatic heterocycles. The van der Waals surface area contributed by atoms with Crippen LogP contribution in [0.25, 0.3) is 10.3 Å². The predicted octanol–water partition coefficient (Wildman–Crippen LogP) is 2.59. The van der Waals surface area contributed by atoms with Gasteiger partial charge in [-0.15, -0.1) is 11.3 Å². The number of fused-ring (bicyclic) bond motifs is 1. The Balaban J connectivity index is 1.58. The molecule has 1 aromatic carbocycles. The first-order valence-electron chi connectivity index (χ1n) is 6.44. The zero-order chi connectivity index (χ0) is 14.7. The van der Waals surface area contributed by atoms with Crippen molar-refractivity contribution in [3.63, 3.8) is 0 Å². The number of aryl methyl sites for hydroxylation is 1. The van der Waals surface area contributed by atoms with E-state index in [2.05, 4.69) is 20.3 Å². The van der Waals surface area contributed by atoms with E-state index in [4.69, 9.17) is 4.74 Å². The summed E-state index contributed by atoms with van der Waals surface area (Å²) in [4.78, 5) is 13.4. The molecule has 0 aliphatic rings. The minimum absolute atomic E-state index is 0.241. The van der Waals surface area contributed by atoms with Gasteiger partial charge in [-0.2, -0.15) is 0 Å². The highest BCUT2D eigenvalue weighted by Gasteiger charge is 2.06. The van der Waals surface area contributed by atoms with E-state index in [0.717, 1.165) is 21.7 Å². The third-order valence-electron chi connectivity index (χ3n) is 2.95. The molecule has 7 heteroatoms. The molecule has 0 unspecified atom stereocenters. The van der Waals surface area contributed by atoms with Gasteiger partial charge in [-0.3, -0.25) is 0 Å². The first-order chi connectivity index (χ1) is 10.2. The zero-order valence-electron chi connectivity index (χ0n) is 11.4. The van der Waals surface area contributed by atoms with Gasteiger partial charge in [0.1, 0.15) is 34.8 Å². The highest BCUT2D eigenvalue weighted by molar-refractivity contribution is 7.16. The predicted molar refractivity (Wildman–Crippen MR) is 82.0 cm³/mol. The maximum atomic E-state index is 9.35. The molecule has 0 spiro atoms. The fraction of sp³-hybridized carbons (Fsp3) is 0.214. The van der Waals surface area contributed by atoms with Crippen LogP contribution in [0, 0.1) is 6.92 Å². The summed E-state index contributed by atoms with van der Waals surface area (Å²) in [6.07, 6.45) is 1.52.